The Hall–Kier alpha value is -0.660. The first-order valence-corrected chi connectivity index (χ1v) is 2.86. The molecule has 2 nitrogen and oxygen atoms in total. The SMILES string of the molecule is CC1C=NC=[N+](C)C1. The van der Waals surface area contributed by atoms with Gasteiger partial charge >= 0.3 is 0 Å². The molecule has 44 valence electrons. The third kappa shape index (κ3) is 1.15. The summed E-state index contributed by atoms with van der Waals surface area (Å²) in [7, 11) is 2.03. The van der Waals surface area contributed by atoms with Gasteiger partial charge in [-0.2, -0.15) is 0 Å². The Kier molecular flexibility index (Phi) is 1.42. The van der Waals surface area contributed by atoms with Gasteiger partial charge in [0.25, 0.3) is 6.34 Å². The van der Waals surface area contributed by atoms with Crippen molar-refractivity contribution in [2.24, 2.45) is 10.9 Å². The Morgan fingerprint density at radius 1 is 1.75 bits per heavy atom. The lowest BCUT2D eigenvalue weighted by Gasteiger charge is -2.03. The predicted molar refractivity (Wildman–Crippen MR) is 34.8 cm³/mol. The minimum atomic E-state index is 0.616. The van der Waals surface area contributed by atoms with Crippen LogP contribution in [0, 0.1) is 5.92 Å². The molecule has 0 aromatic rings. The van der Waals surface area contributed by atoms with Gasteiger partial charge in [0.2, 0.25) is 0 Å². The van der Waals surface area contributed by atoms with Crippen LogP contribution >= 0.6 is 0 Å². The van der Waals surface area contributed by atoms with E-state index in [9.17, 15) is 0 Å². The van der Waals surface area contributed by atoms with Crippen molar-refractivity contribution in [3.63, 3.8) is 0 Å². The Morgan fingerprint density at radius 2 is 2.50 bits per heavy atom. The van der Waals surface area contributed by atoms with Crippen LogP contribution in [-0.2, 0) is 0 Å². The van der Waals surface area contributed by atoms with E-state index in [-0.39, 0.29) is 0 Å². The number of rotatable bonds is 0. The molecule has 0 aliphatic carbocycles. The number of nitrogens with zero attached hydrogens (tertiary/aromatic N) is 2. The second kappa shape index (κ2) is 2.07. The van der Waals surface area contributed by atoms with Gasteiger partial charge in [-0.1, -0.05) is 11.9 Å². The minimum Gasteiger partial charge on any atom is -0.267 e. The minimum absolute atomic E-state index is 0.616. The van der Waals surface area contributed by atoms with Gasteiger partial charge in [0, 0.05) is 0 Å². The molecule has 0 bridgehead atoms. The summed E-state index contributed by atoms with van der Waals surface area (Å²) in [5, 5.41) is 0. The smallest absolute Gasteiger partial charge is 0.267 e. The first kappa shape index (κ1) is 5.48. The van der Waals surface area contributed by atoms with E-state index in [0.29, 0.717) is 5.92 Å². The van der Waals surface area contributed by atoms with Gasteiger partial charge in [-0.3, -0.25) is 4.58 Å². The summed E-state index contributed by atoms with van der Waals surface area (Å²) in [5.41, 5.74) is 0. The Bertz CT molecular complexity index is 135. The van der Waals surface area contributed by atoms with Crippen molar-refractivity contribution >= 4 is 12.6 Å². The van der Waals surface area contributed by atoms with Crippen molar-refractivity contribution in [2.45, 2.75) is 6.92 Å². The molecular weight excluding hydrogens is 100 g/mol. The summed E-state index contributed by atoms with van der Waals surface area (Å²) < 4.78 is 2.09. The summed E-state index contributed by atoms with van der Waals surface area (Å²) in [6.07, 6.45) is 3.82. The summed E-state index contributed by atoms with van der Waals surface area (Å²) in [5.74, 6) is 0.616. The topological polar surface area (TPSA) is 15.4 Å². The summed E-state index contributed by atoms with van der Waals surface area (Å²) in [4.78, 5) is 4.02. The summed E-state index contributed by atoms with van der Waals surface area (Å²) in [6.45, 7) is 3.26. The largest absolute Gasteiger partial charge is 0.280 e. The molecule has 0 aromatic heterocycles. The molecule has 8 heavy (non-hydrogen) atoms. The standard InChI is InChI=1S/C6H11N2/c1-6-3-7-5-8(2)4-6/h3,5-6H,4H2,1-2H3/q+1. The number of hydrogen-bond acceptors (Lipinski definition) is 1. The maximum Gasteiger partial charge on any atom is 0.280 e. The highest BCUT2D eigenvalue weighted by molar-refractivity contribution is 5.72. The molecule has 0 saturated heterocycles. The third-order valence-electron chi connectivity index (χ3n) is 1.18. The lowest BCUT2D eigenvalue weighted by atomic mass is 10.2. The Labute approximate surface area is 49.6 Å². The van der Waals surface area contributed by atoms with Crippen molar-refractivity contribution < 1.29 is 4.58 Å². The molecule has 0 aromatic carbocycles. The monoisotopic (exact) mass is 111 g/mol. The summed E-state index contributed by atoms with van der Waals surface area (Å²) >= 11 is 0. The van der Waals surface area contributed by atoms with Crippen LogP contribution < -0.4 is 0 Å². The van der Waals surface area contributed by atoms with Gasteiger partial charge in [0.05, 0.1) is 19.5 Å². The lowest BCUT2D eigenvalue weighted by molar-refractivity contribution is -0.498. The van der Waals surface area contributed by atoms with Crippen molar-refractivity contribution in [1.82, 2.24) is 0 Å². The first-order chi connectivity index (χ1) is 3.79. The number of aliphatic imine (C=N–C) groups is 1. The van der Waals surface area contributed by atoms with E-state index in [1.54, 1.807) is 0 Å². The molecule has 1 heterocycles. The van der Waals surface area contributed by atoms with Crippen LogP contribution in [0.5, 0.6) is 0 Å². The molecule has 1 unspecified atom stereocenters. The van der Waals surface area contributed by atoms with Crippen LogP contribution in [0.1, 0.15) is 6.92 Å². The zero-order valence-corrected chi connectivity index (χ0v) is 5.33. The molecule has 0 radical (unpaired) electrons. The fourth-order valence-electron chi connectivity index (χ4n) is 0.848. The quantitative estimate of drug-likeness (QED) is 0.401. The average molecular weight is 111 g/mol. The van der Waals surface area contributed by atoms with Gasteiger partial charge in [0.1, 0.15) is 6.21 Å². The summed E-state index contributed by atoms with van der Waals surface area (Å²) in [6, 6.07) is 0. The molecule has 0 spiro atoms. The molecular formula is C6H11N2+. The van der Waals surface area contributed by atoms with E-state index in [1.165, 1.54) is 0 Å². The van der Waals surface area contributed by atoms with E-state index in [4.69, 9.17) is 0 Å². The fraction of sp³-hybridized carbons (Fsp3) is 0.667. The highest BCUT2D eigenvalue weighted by Crippen LogP contribution is 1.92. The van der Waals surface area contributed by atoms with Gasteiger partial charge in [-0.05, 0) is 0 Å². The van der Waals surface area contributed by atoms with E-state index < -0.39 is 0 Å². The molecule has 0 N–H and O–H groups in total. The third-order valence-corrected chi connectivity index (χ3v) is 1.18. The van der Waals surface area contributed by atoms with Crippen LogP contribution in [0.15, 0.2) is 4.99 Å². The van der Waals surface area contributed by atoms with Crippen LogP contribution in [-0.4, -0.2) is 30.7 Å². The van der Waals surface area contributed by atoms with Crippen LogP contribution in [0.4, 0.5) is 0 Å². The maximum atomic E-state index is 4.02. The van der Waals surface area contributed by atoms with E-state index in [2.05, 4.69) is 16.5 Å². The fourth-order valence-corrected chi connectivity index (χ4v) is 0.848. The maximum absolute atomic E-state index is 4.02. The Morgan fingerprint density at radius 3 is 2.88 bits per heavy atom. The van der Waals surface area contributed by atoms with Crippen molar-refractivity contribution in [2.75, 3.05) is 13.6 Å². The van der Waals surface area contributed by atoms with Crippen LogP contribution in [0.2, 0.25) is 0 Å². The molecule has 0 amide bonds. The second-order valence-electron chi connectivity index (χ2n) is 2.33. The van der Waals surface area contributed by atoms with Gasteiger partial charge < -0.3 is 0 Å². The van der Waals surface area contributed by atoms with Crippen molar-refractivity contribution in [3.05, 3.63) is 0 Å². The molecule has 1 aliphatic heterocycles. The molecule has 2 heteroatoms. The lowest BCUT2D eigenvalue weighted by Crippen LogP contribution is -2.20. The zero-order valence-electron chi connectivity index (χ0n) is 5.33. The van der Waals surface area contributed by atoms with Gasteiger partial charge in [-0.15, -0.1) is 0 Å². The molecule has 0 saturated carbocycles. The van der Waals surface area contributed by atoms with Crippen LogP contribution in [0.25, 0.3) is 0 Å². The highest BCUT2D eigenvalue weighted by Gasteiger charge is 2.07. The van der Waals surface area contributed by atoms with E-state index >= 15 is 0 Å². The zero-order chi connectivity index (χ0) is 5.98. The normalized spacial score (nSPS) is 27.8. The van der Waals surface area contributed by atoms with E-state index in [1.807, 2.05) is 19.6 Å². The van der Waals surface area contributed by atoms with E-state index in [0.717, 1.165) is 6.54 Å². The van der Waals surface area contributed by atoms with Crippen molar-refractivity contribution in [3.8, 4) is 0 Å². The number of hydrogen-bond donors (Lipinski definition) is 0. The molecule has 1 rings (SSSR count). The van der Waals surface area contributed by atoms with Crippen LogP contribution in [0.3, 0.4) is 0 Å². The van der Waals surface area contributed by atoms with Gasteiger partial charge in [-0.25, -0.2) is 0 Å². The second-order valence-corrected chi connectivity index (χ2v) is 2.33. The molecule has 1 aliphatic rings. The van der Waals surface area contributed by atoms with Crippen molar-refractivity contribution in [1.29, 1.82) is 0 Å². The van der Waals surface area contributed by atoms with Gasteiger partial charge in [0.15, 0.2) is 0 Å². The first-order valence-electron chi connectivity index (χ1n) is 2.86. The molecule has 0 fully saturated rings. The molecule has 1 atom stereocenters. The average Bonchev–Trinajstić information content (AvgIpc) is 1.64. The predicted octanol–water partition coefficient (Wildman–Crippen LogP) is 0.377. The highest BCUT2D eigenvalue weighted by atomic mass is 15.0. The Balaban J connectivity index is 2.59.